The van der Waals surface area contributed by atoms with Gasteiger partial charge in [-0.15, -0.1) is 0 Å². The smallest absolute Gasteiger partial charge is 0.305 e. The Balaban J connectivity index is 2.44. The molecule has 0 aromatic heterocycles. The summed E-state index contributed by atoms with van der Waals surface area (Å²) >= 11 is 3.29. The van der Waals surface area contributed by atoms with E-state index in [0.29, 0.717) is 30.3 Å². The second kappa shape index (κ2) is 7.48. The molecule has 1 aromatic carbocycles. The van der Waals surface area contributed by atoms with E-state index in [1.165, 1.54) is 12.1 Å². The van der Waals surface area contributed by atoms with Crippen LogP contribution in [0.15, 0.2) is 22.7 Å². The summed E-state index contributed by atoms with van der Waals surface area (Å²) in [5, 5.41) is 0. The Morgan fingerprint density at radius 2 is 2.28 bits per heavy atom. The van der Waals surface area contributed by atoms with Gasteiger partial charge in [-0.2, -0.15) is 0 Å². The number of carbonyl (C=O) groups excluding carboxylic acids is 1. The average molecular weight is 318 g/mol. The summed E-state index contributed by atoms with van der Waals surface area (Å²) in [5.74, 6) is -0.517. The van der Waals surface area contributed by atoms with Crippen LogP contribution in [0.25, 0.3) is 0 Å². The summed E-state index contributed by atoms with van der Waals surface area (Å²) in [6.07, 6.45) is 1.47. The fourth-order valence-corrected chi connectivity index (χ4v) is 2.12. The molecule has 0 saturated heterocycles. The molecule has 0 spiro atoms. The van der Waals surface area contributed by atoms with Crippen LogP contribution in [0, 0.1) is 5.82 Å². The van der Waals surface area contributed by atoms with Crippen molar-refractivity contribution in [2.24, 2.45) is 5.73 Å². The fourth-order valence-electron chi connectivity index (χ4n) is 1.61. The molecule has 0 aliphatic rings. The number of hydrogen-bond acceptors (Lipinski definition) is 3. The average Bonchev–Trinajstić information content (AvgIpc) is 2.31. The SMILES string of the molecule is CCOC(=O)CCC(N)Cc1ccc(F)cc1Br. The summed E-state index contributed by atoms with van der Waals surface area (Å²) in [6.45, 7) is 2.16. The molecule has 1 unspecified atom stereocenters. The quantitative estimate of drug-likeness (QED) is 0.821. The van der Waals surface area contributed by atoms with Gasteiger partial charge in [0, 0.05) is 16.9 Å². The standard InChI is InChI=1S/C13H17BrFNO2/c1-2-18-13(17)6-5-11(16)7-9-3-4-10(15)8-12(9)14/h3-4,8,11H,2,5-7,16H2,1H3. The second-order valence-electron chi connectivity index (χ2n) is 4.04. The highest BCUT2D eigenvalue weighted by Crippen LogP contribution is 2.20. The van der Waals surface area contributed by atoms with Gasteiger partial charge >= 0.3 is 5.97 Å². The molecular weight excluding hydrogens is 301 g/mol. The molecule has 0 aliphatic heterocycles. The first kappa shape index (κ1) is 15.1. The van der Waals surface area contributed by atoms with Gasteiger partial charge in [0.1, 0.15) is 5.82 Å². The number of nitrogens with two attached hydrogens (primary N) is 1. The highest BCUT2D eigenvalue weighted by Gasteiger charge is 2.10. The van der Waals surface area contributed by atoms with Gasteiger partial charge in [0.05, 0.1) is 6.61 Å². The van der Waals surface area contributed by atoms with Crippen LogP contribution in [0.4, 0.5) is 4.39 Å². The Morgan fingerprint density at radius 1 is 1.56 bits per heavy atom. The van der Waals surface area contributed by atoms with Gasteiger partial charge in [-0.05, 0) is 37.5 Å². The van der Waals surface area contributed by atoms with E-state index in [0.717, 1.165) is 5.56 Å². The molecule has 3 nitrogen and oxygen atoms in total. The molecule has 2 N–H and O–H groups in total. The van der Waals surface area contributed by atoms with Crippen LogP contribution in [0.5, 0.6) is 0 Å². The number of esters is 1. The maximum absolute atomic E-state index is 12.9. The monoisotopic (exact) mass is 317 g/mol. The van der Waals surface area contributed by atoms with E-state index in [2.05, 4.69) is 15.9 Å². The zero-order valence-electron chi connectivity index (χ0n) is 10.3. The van der Waals surface area contributed by atoms with Crippen molar-refractivity contribution < 1.29 is 13.9 Å². The maximum Gasteiger partial charge on any atom is 0.305 e. The number of hydrogen-bond donors (Lipinski definition) is 1. The molecule has 1 aromatic rings. The largest absolute Gasteiger partial charge is 0.466 e. The molecule has 100 valence electrons. The van der Waals surface area contributed by atoms with E-state index in [-0.39, 0.29) is 17.8 Å². The predicted molar refractivity (Wildman–Crippen MR) is 71.6 cm³/mol. The minimum absolute atomic E-state index is 0.142. The van der Waals surface area contributed by atoms with Crippen molar-refractivity contribution in [2.45, 2.75) is 32.2 Å². The Hall–Kier alpha value is -0.940. The van der Waals surface area contributed by atoms with Crippen molar-refractivity contribution in [1.82, 2.24) is 0 Å². The van der Waals surface area contributed by atoms with E-state index in [9.17, 15) is 9.18 Å². The summed E-state index contributed by atoms with van der Waals surface area (Å²) in [7, 11) is 0. The highest BCUT2D eigenvalue weighted by molar-refractivity contribution is 9.10. The lowest BCUT2D eigenvalue weighted by molar-refractivity contribution is -0.143. The van der Waals surface area contributed by atoms with Crippen LogP contribution in [-0.4, -0.2) is 18.6 Å². The van der Waals surface area contributed by atoms with Gasteiger partial charge in [0.25, 0.3) is 0 Å². The zero-order chi connectivity index (χ0) is 13.5. The first-order chi connectivity index (χ1) is 8.52. The molecule has 0 amide bonds. The molecule has 0 fully saturated rings. The number of halogens is 2. The van der Waals surface area contributed by atoms with Gasteiger partial charge in [0.15, 0.2) is 0 Å². The lowest BCUT2D eigenvalue weighted by Crippen LogP contribution is -2.24. The molecule has 1 rings (SSSR count). The Morgan fingerprint density at radius 3 is 2.89 bits per heavy atom. The molecular formula is C13H17BrFNO2. The van der Waals surface area contributed by atoms with Crippen LogP contribution in [0.3, 0.4) is 0 Å². The molecule has 0 saturated carbocycles. The van der Waals surface area contributed by atoms with E-state index in [1.807, 2.05) is 0 Å². The van der Waals surface area contributed by atoms with E-state index >= 15 is 0 Å². The van der Waals surface area contributed by atoms with E-state index in [4.69, 9.17) is 10.5 Å². The lowest BCUT2D eigenvalue weighted by Gasteiger charge is -2.12. The molecule has 0 heterocycles. The topological polar surface area (TPSA) is 52.3 Å². The lowest BCUT2D eigenvalue weighted by atomic mass is 10.0. The minimum Gasteiger partial charge on any atom is -0.466 e. The fraction of sp³-hybridized carbons (Fsp3) is 0.462. The van der Waals surface area contributed by atoms with Gasteiger partial charge in [0.2, 0.25) is 0 Å². The first-order valence-electron chi connectivity index (χ1n) is 5.88. The number of rotatable bonds is 6. The zero-order valence-corrected chi connectivity index (χ0v) is 11.9. The third kappa shape index (κ3) is 5.14. The summed E-state index contributed by atoms with van der Waals surface area (Å²) in [6, 6.07) is 4.37. The van der Waals surface area contributed by atoms with Crippen molar-refractivity contribution in [1.29, 1.82) is 0 Å². The van der Waals surface area contributed by atoms with Crippen molar-refractivity contribution in [2.75, 3.05) is 6.61 Å². The summed E-state index contributed by atoms with van der Waals surface area (Å²) in [4.78, 5) is 11.2. The minimum atomic E-state index is -0.286. The van der Waals surface area contributed by atoms with Gasteiger partial charge < -0.3 is 10.5 Å². The number of benzene rings is 1. The summed E-state index contributed by atoms with van der Waals surface area (Å²) in [5.41, 5.74) is 6.87. The predicted octanol–water partition coefficient (Wildman–Crippen LogP) is 2.80. The first-order valence-corrected chi connectivity index (χ1v) is 6.67. The van der Waals surface area contributed by atoms with Crippen LogP contribution < -0.4 is 5.73 Å². The van der Waals surface area contributed by atoms with Gasteiger partial charge in [-0.1, -0.05) is 22.0 Å². The maximum atomic E-state index is 12.9. The number of ether oxygens (including phenoxy) is 1. The Labute approximate surface area is 115 Å². The Bertz CT molecular complexity index is 412. The Kier molecular flexibility index (Phi) is 6.29. The van der Waals surface area contributed by atoms with Crippen LogP contribution in [0.2, 0.25) is 0 Å². The van der Waals surface area contributed by atoms with Crippen molar-refractivity contribution in [3.63, 3.8) is 0 Å². The third-order valence-electron chi connectivity index (χ3n) is 2.52. The molecule has 0 radical (unpaired) electrons. The van der Waals surface area contributed by atoms with Crippen LogP contribution in [-0.2, 0) is 16.0 Å². The second-order valence-corrected chi connectivity index (χ2v) is 4.90. The molecule has 1 atom stereocenters. The summed E-state index contributed by atoms with van der Waals surface area (Å²) < 4.78 is 18.4. The van der Waals surface area contributed by atoms with Crippen molar-refractivity contribution in [3.8, 4) is 0 Å². The third-order valence-corrected chi connectivity index (χ3v) is 3.26. The van der Waals surface area contributed by atoms with Gasteiger partial charge in [-0.3, -0.25) is 4.79 Å². The van der Waals surface area contributed by atoms with Crippen LogP contribution >= 0.6 is 15.9 Å². The van der Waals surface area contributed by atoms with Crippen molar-refractivity contribution >= 4 is 21.9 Å². The molecule has 0 bridgehead atoms. The van der Waals surface area contributed by atoms with Gasteiger partial charge in [-0.25, -0.2) is 4.39 Å². The van der Waals surface area contributed by atoms with Crippen LogP contribution in [0.1, 0.15) is 25.3 Å². The molecule has 0 aliphatic carbocycles. The number of carbonyl (C=O) groups is 1. The normalized spacial score (nSPS) is 12.2. The molecule has 18 heavy (non-hydrogen) atoms. The highest BCUT2D eigenvalue weighted by atomic mass is 79.9. The molecule has 5 heteroatoms. The van der Waals surface area contributed by atoms with Crippen molar-refractivity contribution in [3.05, 3.63) is 34.1 Å². The van der Waals surface area contributed by atoms with E-state index in [1.54, 1.807) is 13.0 Å². The van der Waals surface area contributed by atoms with E-state index < -0.39 is 0 Å².